The number of nitro groups is 1. The van der Waals surface area contributed by atoms with Gasteiger partial charge in [-0.2, -0.15) is 0 Å². The number of benzene rings is 1. The molecule has 0 aromatic heterocycles. The molecule has 132 valence electrons. The summed E-state index contributed by atoms with van der Waals surface area (Å²) in [7, 11) is 0. The molecule has 0 aliphatic rings. The highest BCUT2D eigenvalue weighted by Crippen LogP contribution is 2.14. The van der Waals surface area contributed by atoms with Gasteiger partial charge in [-0.05, 0) is 17.4 Å². The zero-order chi connectivity index (χ0) is 18.8. The third kappa shape index (κ3) is 12.6. The summed E-state index contributed by atoms with van der Waals surface area (Å²) < 4.78 is 0. The van der Waals surface area contributed by atoms with Gasteiger partial charge in [0, 0.05) is 12.1 Å². The number of thioether (sulfide) groups is 1. The average Bonchev–Trinajstić information content (AvgIpc) is 2.61. The SMILES string of the molecule is C=CSC(=N)[C@@H](N)Cc1ccc([N+](=O)[O-])cc1.CC.CC.CC. The molecular weight excluding hydrogens is 310 g/mol. The molecule has 0 saturated heterocycles. The van der Waals surface area contributed by atoms with Crippen LogP contribution in [0.5, 0.6) is 0 Å². The van der Waals surface area contributed by atoms with Crippen molar-refractivity contribution in [1.82, 2.24) is 0 Å². The lowest BCUT2D eigenvalue weighted by Crippen LogP contribution is -2.29. The van der Waals surface area contributed by atoms with Crippen LogP contribution < -0.4 is 5.73 Å². The van der Waals surface area contributed by atoms with Crippen molar-refractivity contribution in [3.8, 4) is 0 Å². The van der Waals surface area contributed by atoms with Crippen LogP contribution in [-0.4, -0.2) is 16.0 Å². The molecule has 0 radical (unpaired) electrons. The fourth-order valence-electron chi connectivity index (χ4n) is 1.28. The predicted molar refractivity (Wildman–Crippen MR) is 104 cm³/mol. The van der Waals surface area contributed by atoms with Gasteiger partial charge in [-0.3, -0.25) is 15.5 Å². The van der Waals surface area contributed by atoms with E-state index in [1.54, 1.807) is 17.5 Å². The molecule has 3 N–H and O–H groups in total. The Morgan fingerprint density at radius 3 is 2.04 bits per heavy atom. The van der Waals surface area contributed by atoms with E-state index >= 15 is 0 Å². The molecule has 0 spiro atoms. The van der Waals surface area contributed by atoms with Crippen molar-refractivity contribution in [3.63, 3.8) is 0 Å². The zero-order valence-corrected chi connectivity index (χ0v) is 15.9. The van der Waals surface area contributed by atoms with Gasteiger partial charge in [0.2, 0.25) is 0 Å². The highest BCUT2D eigenvalue weighted by atomic mass is 32.2. The minimum Gasteiger partial charge on any atom is -0.322 e. The number of hydrogen-bond acceptors (Lipinski definition) is 5. The summed E-state index contributed by atoms with van der Waals surface area (Å²) in [5.74, 6) is 0. The van der Waals surface area contributed by atoms with E-state index in [0.29, 0.717) is 11.5 Å². The Morgan fingerprint density at radius 1 is 1.26 bits per heavy atom. The first-order chi connectivity index (χ1) is 11.0. The molecule has 0 heterocycles. The third-order valence-corrected chi connectivity index (χ3v) is 2.87. The molecule has 0 aliphatic heterocycles. The van der Waals surface area contributed by atoms with E-state index in [1.165, 1.54) is 23.9 Å². The monoisotopic (exact) mass is 341 g/mol. The summed E-state index contributed by atoms with van der Waals surface area (Å²) in [6.07, 6.45) is 0.484. The van der Waals surface area contributed by atoms with Crippen molar-refractivity contribution in [2.24, 2.45) is 5.73 Å². The summed E-state index contributed by atoms with van der Waals surface area (Å²) in [5, 5.41) is 20.0. The summed E-state index contributed by atoms with van der Waals surface area (Å²) in [4.78, 5) is 10.0. The molecule has 0 saturated carbocycles. The van der Waals surface area contributed by atoms with Crippen LogP contribution in [0, 0.1) is 15.5 Å². The first kappa shape index (κ1) is 26.2. The van der Waals surface area contributed by atoms with Crippen LogP contribution in [0.4, 0.5) is 5.69 Å². The van der Waals surface area contributed by atoms with Gasteiger partial charge in [0.25, 0.3) is 5.69 Å². The van der Waals surface area contributed by atoms with Crippen LogP contribution in [0.15, 0.2) is 36.3 Å². The molecule has 0 fully saturated rings. The van der Waals surface area contributed by atoms with E-state index in [9.17, 15) is 10.1 Å². The summed E-state index contributed by atoms with van der Waals surface area (Å²) in [6, 6.07) is 5.78. The molecule has 23 heavy (non-hydrogen) atoms. The molecule has 0 bridgehead atoms. The molecule has 1 aromatic carbocycles. The van der Waals surface area contributed by atoms with Crippen LogP contribution >= 0.6 is 11.8 Å². The van der Waals surface area contributed by atoms with Gasteiger partial charge in [0.15, 0.2) is 0 Å². The largest absolute Gasteiger partial charge is 0.322 e. The minimum atomic E-state index is -0.445. The van der Waals surface area contributed by atoms with E-state index in [2.05, 4.69) is 6.58 Å². The quantitative estimate of drug-likeness (QED) is 0.324. The molecule has 5 nitrogen and oxygen atoms in total. The lowest BCUT2D eigenvalue weighted by Gasteiger charge is -2.10. The molecular formula is C17H31N3O2S. The van der Waals surface area contributed by atoms with Crippen LogP contribution in [0.2, 0.25) is 0 Å². The van der Waals surface area contributed by atoms with Crippen molar-refractivity contribution in [3.05, 3.63) is 51.9 Å². The van der Waals surface area contributed by atoms with E-state index in [1.807, 2.05) is 41.5 Å². The van der Waals surface area contributed by atoms with Crippen LogP contribution in [0.3, 0.4) is 0 Å². The Morgan fingerprint density at radius 2 is 1.70 bits per heavy atom. The number of nitrogens with two attached hydrogens (primary N) is 1. The van der Waals surface area contributed by atoms with E-state index < -0.39 is 11.0 Å². The highest BCUT2D eigenvalue weighted by molar-refractivity contribution is 8.16. The predicted octanol–water partition coefficient (Wildman–Crippen LogP) is 5.40. The Kier molecular flexibility index (Phi) is 21.0. The van der Waals surface area contributed by atoms with Gasteiger partial charge in [0.05, 0.1) is 16.0 Å². The number of non-ortho nitro benzene ring substituents is 1. The van der Waals surface area contributed by atoms with Crippen molar-refractivity contribution in [1.29, 1.82) is 5.41 Å². The van der Waals surface area contributed by atoms with Crippen molar-refractivity contribution in [2.45, 2.75) is 54.0 Å². The first-order valence-corrected chi connectivity index (χ1v) is 8.77. The Hall–Kier alpha value is -1.66. The fraction of sp³-hybridized carbons (Fsp3) is 0.471. The molecule has 0 amide bonds. The summed E-state index contributed by atoms with van der Waals surface area (Å²) in [6.45, 7) is 15.5. The van der Waals surface area contributed by atoms with Crippen molar-refractivity contribution >= 4 is 22.5 Å². The smallest absolute Gasteiger partial charge is 0.269 e. The second-order valence-electron chi connectivity index (χ2n) is 3.38. The van der Waals surface area contributed by atoms with Crippen LogP contribution in [0.25, 0.3) is 0 Å². The third-order valence-electron chi connectivity index (χ3n) is 2.15. The highest BCUT2D eigenvalue weighted by Gasteiger charge is 2.11. The van der Waals surface area contributed by atoms with Gasteiger partial charge in [-0.15, -0.1) is 0 Å². The minimum absolute atomic E-state index is 0.0536. The maximum absolute atomic E-state index is 10.5. The lowest BCUT2D eigenvalue weighted by molar-refractivity contribution is -0.384. The molecule has 1 rings (SSSR count). The number of nitrogens with one attached hydrogen (secondary N) is 1. The van der Waals surface area contributed by atoms with Gasteiger partial charge in [-0.1, -0.05) is 72.0 Å². The summed E-state index contributed by atoms with van der Waals surface area (Å²) >= 11 is 1.18. The maximum atomic E-state index is 10.5. The molecule has 1 atom stereocenters. The number of hydrogen-bond donors (Lipinski definition) is 2. The first-order valence-electron chi connectivity index (χ1n) is 7.89. The number of nitrogens with zero attached hydrogens (tertiary/aromatic N) is 1. The summed E-state index contributed by atoms with van der Waals surface area (Å²) in [5.41, 5.74) is 6.73. The van der Waals surface area contributed by atoms with Gasteiger partial charge >= 0.3 is 0 Å². The average molecular weight is 342 g/mol. The Balaban J connectivity index is -0.000000595. The molecule has 1 aromatic rings. The number of rotatable bonds is 5. The zero-order valence-electron chi connectivity index (χ0n) is 15.1. The molecule has 0 unspecified atom stereocenters. The van der Waals surface area contributed by atoms with Crippen molar-refractivity contribution < 1.29 is 4.92 Å². The van der Waals surface area contributed by atoms with Gasteiger partial charge in [0.1, 0.15) is 0 Å². The normalized spacial score (nSPS) is 9.52. The fourth-order valence-corrected chi connectivity index (χ4v) is 1.72. The van der Waals surface area contributed by atoms with Gasteiger partial charge in [-0.25, -0.2) is 0 Å². The second kappa shape index (κ2) is 18.4. The number of nitro benzene ring substituents is 1. The van der Waals surface area contributed by atoms with Crippen LogP contribution in [-0.2, 0) is 6.42 Å². The molecule has 6 heteroatoms. The topological polar surface area (TPSA) is 93.0 Å². The van der Waals surface area contributed by atoms with E-state index in [4.69, 9.17) is 11.1 Å². The second-order valence-corrected chi connectivity index (χ2v) is 4.39. The van der Waals surface area contributed by atoms with E-state index in [-0.39, 0.29) is 5.69 Å². The van der Waals surface area contributed by atoms with Crippen molar-refractivity contribution in [2.75, 3.05) is 0 Å². The van der Waals surface area contributed by atoms with Crippen LogP contribution in [0.1, 0.15) is 47.1 Å². The Bertz CT molecular complexity index is 434. The molecule has 0 aliphatic carbocycles. The van der Waals surface area contributed by atoms with E-state index in [0.717, 1.165) is 5.56 Å². The van der Waals surface area contributed by atoms with Gasteiger partial charge < -0.3 is 5.73 Å². The standard InChI is InChI=1S/C11H13N3O2S.3C2H6/c1-2-17-11(13)10(12)7-8-3-5-9(6-4-8)14(15)16;3*1-2/h2-6,10,13H,1,7,12H2;3*1-2H3/t10-;;;/m0.../s1. The Labute approximate surface area is 145 Å². The maximum Gasteiger partial charge on any atom is 0.269 e. The lowest BCUT2D eigenvalue weighted by atomic mass is 10.1.